The SMILES string of the molecule is O=C(O)C1CNCC2=C3C=CC(=C21)C3. The van der Waals surface area contributed by atoms with E-state index >= 15 is 0 Å². The number of carbonyl (C=O) groups is 1. The molecular weight excluding hydrogens is 178 g/mol. The minimum atomic E-state index is -0.709. The summed E-state index contributed by atoms with van der Waals surface area (Å²) >= 11 is 0. The van der Waals surface area contributed by atoms with Gasteiger partial charge in [-0.15, -0.1) is 0 Å². The first-order chi connectivity index (χ1) is 6.77. The Morgan fingerprint density at radius 3 is 3.00 bits per heavy atom. The fourth-order valence-electron chi connectivity index (χ4n) is 2.58. The molecule has 0 spiro atoms. The van der Waals surface area contributed by atoms with Crippen LogP contribution in [0, 0.1) is 5.92 Å². The van der Waals surface area contributed by atoms with Gasteiger partial charge in [0.1, 0.15) is 0 Å². The molecule has 0 amide bonds. The van der Waals surface area contributed by atoms with E-state index in [9.17, 15) is 4.79 Å². The van der Waals surface area contributed by atoms with Crippen molar-refractivity contribution in [3.05, 3.63) is 34.4 Å². The summed E-state index contributed by atoms with van der Waals surface area (Å²) < 4.78 is 0. The highest BCUT2D eigenvalue weighted by atomic mass is 16.4. The Bertz CT molecular complexity index is 415. The summed E-state index contributed by atoms with van der Waals surface area (Å²) in [5, 5.41) is 12.3. The first-order valence-corrected chi connectivity index (χ1v) is 4.84. The average Bonchev–Trinajstić information content (AvgIpc) is 2.77. The molecule has 0 radical (unpaired) electrons. The summed E-state index contributed by atoms with van der Waals surface area (Å²) in [5.74, 6) is -1.05. The minimum Gasteiger partial charge on any atom is -0.481 e. The summed E-state index contributed by atoms with van der Waals surface area (Å²) in [6.45, 7) is 1.40. The van der Waals surface area contributed by atoms with E-state index in [1.165, 1.54) is 16.7 Å². The Morgan fingerprint density at radius 2 is 2.21 bits per heavy atom. The lowest BCUT2D eigenvalue weighted by molar-refractivity contribution is -0.140. The van der Waals surface area contributed by atoms with Crippen molar-refractivity contribution in [3.8, 4) is 0 Å². The molecule has 0 aromatic rings. The van der Waals surface area contributed by atoms with Crippen LogP contribution >= 0.6 is 0 Å². The lowest BCUT2D eigenvalue weighted by atomic mass is 9.86. The van der Waals surface area contributed by atoms with Gasteiger partial charge < -0.3 is 10.4 Å². The highest BCUT2D eigenvalue weighted by Crippen LogP contribution is 2.43. The molecule has 1 atom stereocenters. The topological polar surface area (TPSA) is 49.3 Å². The number of hydrogen-bond donors (Lipinski definition) is 2. The van der Waals surface area contributed by atoms with Crippen LogP contribution in [0.2, 0.25) is 0 Å². The number of allylic oxidation sites excluding steroid dienone is 4. The molecule has 72 valence electrons. The molecule has 1 fully saturated rings. The second-order valence-corrected chi connectivity index (χ2v) is 3.97. The molecule has 3 rings (SSSR count). The molecule has 1 heterocycles. The van der Waals surface area contributed by atoms with Gasteiger partial charge in [0.15, 0.2) is 0 Å². The second kappa shape index (κ2) is 2.58. The second-order valence-electron chi connectivity index (χ2n) is 3.97. The van der Waals surface area contributed by atoms with Gasteiger partial charge in [-0.1, -0.05) is 12.2 Å². The number of rotatable bonds is 1. The monoisotopic (exact) mass is 189 g/mol. The normalized spacial score (nSPS) is 28.7. The van der Waals surface area contributed by atoms with Gasteiger partial charge in [0.25, 0.3) is 0 Å². The summed E-state index contributed by atoms with van der Waals surface area (Å²) in [4.78, 5) is 11.1. The number of carboxylic acid groups (broad SMARTS) is 1. The van der Waals surface area contributed by atoms with Crippen molar-refractivity contribution in [2.75, 3.05) is 13.1 Å². The maximum atomic E-state index is 11.1. The molecule has 3 heteroatoms. The van der Waals surface area contributed by atoms with Crippen LogP contribution in [0.1, 0.15) is 6.42 Å². The predicted molar refractivity (Wildman–Crippen MR) is 51.8 cm³/mol. The van der Waals surface area contributed by atoms with Gasteiger partial charge in [-0.3, -0.25) is 4.79 Å². The van der Waals surface area contributed by atoms with Gasteiger partial charge >= 0.3 is 5.97 Å². The third-order valence-electron chi connectivity index (χ3n) is 3.22. The molecule has 1 aliphatic heterocycles. The number of fused-ring (bicyclic) bond motifs is 3. The van der Waals surface area contributed by atoms with Crippen LogP contribution in [0.15, 0.2) is 34.4 Å². The first-order valence-electron chi connectivity index (χ1n) is 4.84. The molecule has 0 saturated carbocycles. The standard InChI is InChI=1S/C11H11NO2/c13-11(14)9-5-12-4-8-6-1-2-7(3-6)10(8)9/h1-2,9,12H,3-5H2,(H,13,14). The molecule has 1 unspecified atom stereocenters. The van der Waals surface area contributed by atoms with Crippen molar-refractivity contribution in [1.29, 1.82) is 0 Å². The van der Waals surface area contributed by atoms with Crippen molar-refractivity contribution in [3.63, 3.8) is 0 Å². The zero-order valence-electron chi connectivity index (χ0n) is 7.71. The van der Waals surface area contributed by atoms with Crippen LogP contribution in [0.5, 0.6) is 0 Å². The van der Waals surface area contributed by atoms with Crippen LogP contribution in [0.4, 0.5) is 0 Å². The lowest BCUT2D eigenvalue weighted by Gasteiger charge is -2.26. The number of hydrogen-bond acceptors (Lipinski definition) is 2. The Labute approximate surface area is 81.8 Å². The summed E-state index contributed by atoms with van der Waals surface area (Å²) in [5.41, 5.74) is 4.87. The van der Waals surface area contributed by atoms with Gasteiger partial charge in [0.05, 0.1) is 5.92 Å². The summed E-state index contributed by atoms with van der Waals surface area (Å²) in [6, 6.07) is 0. The molecule has 1 saturated heterocycles. The average molecular weight is 189 g/mol. The van der Waals surface area contributed by atoms with Gasteiger partial charge in [0.2, 0.25) is 0 Å². The largest absolute Gasteiger partial charge is 0.481 e. The highest BCUT2D eigenvalue weighted by Gasteiger charge is 2.36. The molecule has 0 aromatic heterocycles. The van der Waals surface area contributed by atoms with E-state index in [1.807, 2.05) is 0 Å². The molecule has 14 heavy (non-hydrogen) atoms. The Balaban J connectivity index is 2.11. The molecule has 3 nitrogen and oxygen atoms in total. The third kappa shape index (κ3) is 0.876. The van der Waals surface area contributed by atoms with Crippen molar-refractivity contribution in [2.24, 2.45) is 5.92 Å². The van der Waals surface area contributed by atoms with Crippen molar-refractivity contribution in [2.45, 2.75) is 6.42 Å². The van der Waals surface area contributed by atoms with Gasteiger partial charge in [0, 0.05) is 13.1 Å². The predicted octanol–water partition coefficient (Wildman–Crippen LogP) is 0.857. The Hall–Kier alpha value is -1.35. The lowest BCUT2D eigenvalue weighted by Crippen LogP contribution is -2.38. The zero-order valence-corrected chi connectivity index (χ0v) is 7.71. The van der Waals surface area contributed by atoms with Gasteiger partial charge in [-0.2, -0.15) is 0 Å². The quantitative estimate of drug-likeness (QED) is 0.643. The van der Waals surface area contributed by atoms with Gasteiger partial charge in [-0.25, -0.2) is 0 Å². The molecule has 2 aliphatic carbocycles. The fourth-order valence-corrected chi connectivity index (χ4v) is 2.58. The van der Waals surface area contributed by atoms with Crippen LogP contribution in [0.3, 0.4) is 0 Å². The van der Waals surface area contributed by atoms with E-state index in [1.54, 1.807) is 0 Å². The summed E-state index contributed by atoms with van der Waals surface area (Å²) in [6.07, 6.45) is 5.13. The molecule has 2 bridgehead atoms. The molecule has 3 aliphatic rings. The van der Waals surface area contributed by atoms with E-state index in [2.05, 4.69) is 17.5 Å². The maximum absolute atomic E-state index is 11.1. The van der Waals surface area contributed by atoms with E-state index in [0.29, 0.717) is 6.54 Å². The van der Waals surface area contributed by atoms with Crippen LogP contribution in [-0.2, 0) is 4.79 Å². The van der Waals surface area contributed by atoms with Crippen LogP contribution in [0.25, 0.3) is 0 Å². The van der Waals surface area contributed by atoms with Gasteiger partial charge in [-0.05, 0) is 28.7 Å². The van der Waals surface area contributed by atoms with Crippen molar-refractivity contribution < 1.29 is 9.90 Å². The number of carboxylic acids is 1. The van der Waals surface area contributed by atoms with E-state index < -0.39 is 5.97 Å². The molecule has 2 N–H and O–H groups in total. The first kappa shape index (κ1) is 8.00. The number of piperidine rings is 1. The zero-order chi connectivity index (χ0) is 9.71. The smallest absolute Gasteiger partial charge is 0.312 e. The summed E-state index contributed by atoms with van der Waals surface area (Å²) in [7, 11) is 0. The van der Waals surface area contributed by atoms with Crippen LogP contribution in [-0.4, -0.2) is 24.2 Å². The minimum absolute atomic E-state index is 0.337. The molecule has 0 aromatic carbocycles. The number of nitrogens with one attached hydrogen (secondary N) is 1. The van der Waals surface area contributed by atoms with Crippen LogP contribution < -0.4 is 5.32 Å². The Morgan fingerprint density at radius 1 is 1.43 bits per heavy atom. The third-order valence-corrected chi connectivity index (χ3v) is 3.22. The van der Waals surface area contributed by atoms with E-state index in [0.717, 1.165) is 18.5 Å². The number of aliphatic carboxylic acids is 1. The van der Waals surface area contributed by atoms with Crippen molar-refractivity contribution in [1.82, 2.24) is 5.32 Å². The maximum Gasteiger partial charge on any atom is 0.312 e. The Kier molecular flexibility index (Phi) is 1.47. The fraction of sp³-hybridized carbons (Fsp3) is 0.364. The van der Waals surface area contributed by atoms with E-state index in [4.69, 9.17) is 5.11 Å². The van der Waals surface area contributed by atoms with Crippen molar-refractivity contribution >= 4 is 5.97 Å². The molecular formula is C11H11NO2. The highest BCUT2D eigenvalue weighted by molar-refractivity contribution is 5.79. The van der Waals surface area contributed by atoms with E-state index in [-0.39, 0.29) is 5.92 Å².